The monoisotopic (exact) mass is 225 g/mol. The Morgan fingerprint density at radius 1 is 1.56 bits per heavy atom. The largest absolute Gasteiger partial charge is 0.381 e. The topological polar surface area (TPSA) is 60.2 Å². The van der Waals surface area contributed by atoms with E-state index < -0.39 is 0 Å². The maximum absolute atomic E-state index is 5.27. The van der Waals surface area contributed by atoms with Crippen LogP contribution in [0.25, 0.3) is 0 Å². The Bertz CT molecular complexity index is 327. The number of nitrogens with one attached hydrogen (secondary N) is 1. The van der Waals surface area contributed by atoms with Gasteiger partial charge in [-0.2, -0.15) is 4.98 Å². The fraction of sp³-hybridized carbons (Fsp3) is 0.818. The summed E-state index contributed by atoms with van der Waals surface area (Å²) in [6.45, 7) is 6.60. The van der Waals surface area contributed by atoms with Crippen molar-refractivity contribution >= 4 is 0 Å². The first-order valence-corrected chi connectivity index (χ1v) is 5.95. The van der Waals surface area contributed by atoms with Crippen LogP contribution < -0.4 is 5.32 Å². The highest BCUT2D eigenvalue weighted by Gasteiger charge is 2.29. The van der Waals surface area contributed by atoms with Crippen molar-refractivity contribution in [2.24, 2.45) is 5.92 Å². The first-order valence-electron chi connectivity index (χ1n) is 5.95. The molecule has 0 bridgehead atoms. The molecule has 1 aliphatic rings. The van der Waals surface area contributed by atoms with Gasteiger partial charge in [-0.1, -0.05) is 12.1 Å². The lowest BCUT2D eigenvalue weighted by atomic mass is 10.0. The van der Waals surface area contributed by atoms with Crippen molar-refractivity contribution in [2.45, 2.75) is 32.7 Å². The standard InChI is InChI=1S/C11H19N3O2/c1-3-15-7-5-9-13-11(16-14-9)10-8(2)4-6-12-10/h8,10,12H,3-7H2,1-2H3. The third-order valence-electron chi connectivity index (χ3n) is 2.96. The minimum atomic E-state index is 0.230. The highest BCUT2D eigenvalue weighted by molar-refractivity contribution is 4.98. The molecule has 90 valence electrons. The van der Waals surface area contributed by atoms with E-state index in [1.807, 2.05) is 6.92 Å². The fourth-order valence-electron chi connectivity index (χ4n) is 1.97. The van der Waals surface area contributed by atoms with Crippen LogP contribution in [0, 0.1) is 5.92 Å². The van der Waals surface area contributed by atoms with Crippen LogP contribution in [0.15, 0.2) is 4.52 Å². The van der Waals surface area contributed by atoms with Gasteiger partial charge in [0.05, 0.1) is 12.6 Å². The van der Waals surface area contributed by atoms with E-state index in [1.54, 1.807) is 0 Å². The van der Waals surface area contributed by atoms with Crippen LogP contribution in [-0.2, 0) is 11.2 Å². The Balaban J connectivity index is 1.91. The van der Waals surface area contributed by atoms with Gasteiger partial charge in [0.15, 0.2) is 5.82 Å². The average molecular weight is 225 g/mol. The van der Waals surface area contributed by atoms with Gasteiger partial charge in [0.25, 0.3) is 0 Å². The van der Waals surface area contributed by atoms with Crippen LogP contribution in [0.4, 0.5) is 0 Å². The van der Waals surface area contributed by atoms with Crippen molar-refractivity contribution in [3.8, 4) is 0 Å². The smallest absolute Gasteiger partial charge is 0.244 e. The lowest BCUT2D eigenvalue weighted by Crippen LogP contribution is -2.16. The summed E-state index contributed by atoms with van der Waals surface area (Å²) >= 11 is 0. The van der Waals surface area contributed by atoms with Crippen LogP contribution in [0.3, 0.4) is 0 Å². The van der Waals surface area contributed by atoms with Crippen LogP contribution in [0.5, 0.6) is 0 Å². The summed E-state index contributed by atoms with van der Waals surface area (Å²) < 4.78 is 10.5. The van der Waals surface area contributed by atoms with Gasteiger partial charge in [-0.05, 0) is 25.8 Å². The predicted octanol–water partition coefficient (Wildman–Crippen LogP) is 1.32. The summed E-state index contributed by atoms with van der Waals surface area (Å²) in [6, 6.07) is 0.230. The first kappa shape index (κ1) is 11.5. The molecule has 2 unspecified atom stereocenters. The van der Waals surface area contributed by atoms with Crippen molar-refractivity contribution in [1.82, 2.24) is 15.5 Å². The molecule has 1 fully saturated rings. The molecule has 5 heteroatoms. The highest BCUT2D eigenvalue weighted by Crippen LogP contribution is 2.27. The number of ether oxygens (including phenoxy) is 1. The lowest BCUT2D eigenvalue weighted by Gasteiger charge is -2.09. The first-order chi connectivity index (χ1) is 7.81. The molecule has 1 saturated heterocycles. The fourth-order valence-corrected chi connectivity index (χ4v) is 1.97. The van der Waals surface area contributed by atoms with Crippen molar-refractivity contribution in [3.63, 3.8) is 0 Å². The molecular formula is C11H19N3O2. The Hall–Kier alpha value is -0.940. The molecule has 0 spiro atoms. The van der Waals surface area contributed by atoms with Gasteiger partial charge in [0.2, 0.25) is 5.89 Å². The third-order valence-corrected chi connectivity index (χ3v) is 2.96. The summed E-state index contributed by atoms with van der Waals surface area (Å²) in [5.74, 6) is 2.03. The molecule has 2 heterocycles. The van der Waals surface area contributed by atoms with Crippen molar-refractivity contribution in [3.05, 3.63) is 11.7 Å². The zero-order chi connectivity index (χ0) is 11.4. The van der Waals surface area contributed by atoms with Crippen molar-refractivity contribution in [2.75, 3.05) is 19.8 Å². The van der Waals surface area contributed by atoms with E-state index in [9.17, 15) is 0 Å². The van der Waals surface area contributed by atoms with E-state index in [1.165, 1.54) is 6.42 Å². The molecule has 0 aromatic carbocycles. The normalized spacial score (nSPS) is 25.1. The zero-order valence-electron chi connectivity index (χ0n) is 9.90. The Labute approximate surface area is 95.6 Å². The summed E-state index contributed by atoms with van der Waals surface area (Å²) in [5.41, 5.74) is 0. The van der Waals surface area contributed by atoms with E-state index in [4.69, 9.17) is 9.26 Å². The lowest BCUT2D eigenvalue weighted by molar-refractivity contribution is 0.149. The van der Waals surface area contributed by atoms with Gasteiger partial charge in [0.1, 0.15) is 0 Å². The number of hydrogen-bond acceptors (Lipinski definition) is 5. The van der Waals surface area contributed by atoms with Gasteiger partial charge in [-0.3, -0.25) is 0 Å². The molecule has 0 radical (unpaired) electrons. The number of aromatic nitrogens is 2. The quantitative estimate of drug-likeness (QED) is 0.766. The number of rotatable bonds is 5. The van der Waals surface area contributed by atoms with E-state index in [0.717, 1.165) is 31.3 Å². The van der Waals surface area contributed by atoms with Gasteiger partial charge in [-0.15, -0.1) is 0 Å². The summed E-state index contributed by atoms with van der Waals surface area (Å²) in [5, 5.41) is 7.34. The molecule has 1 aromatic heterocycles. The molecule has 1 aliphatic heterocycles. The molecule has 0 amide bonds. The van der Waals surface area contributed by atoms with Gasteiger partial charge in [0, 0.05) is 13.0 Å². The van der Waals surface area contributed by atoms with Gasteiger partial charge in [-0.25, -0.2) is 0 Å². The van der Waals surface area contributed by atoms with E-state index >= 15 is 0 Å². The molecule has 0 aliphatic carbocycles. The van der Waals surface area contributed by atoms with E-state index in [2.05, 4.69) is 22.4 Å². The van der Waals surface area contributed by atoms with Gasteiger partial charge >= 0.3 is 0 Å². The Kier molecular flexibility index (Phi) is 3.90. The van der Waals surface area contributed by atoms with Crippen LogP contribution >= 0.6 is 0 Å². The molecular weight excluding hydrogens is 206 g/mol. The van der Waals surface area contributed by atoms with Gasteiger partial charge < -0.3 is 14.6 Å². The molecule has 2 atom stereocenters. The summed E-state index contributed by atoms with van der Waals surface area (Å²) in [7, 11) is 0. The molecule has 0 saturated carbocycles. The van der Waals surface area contributed by atoms with Crippen molar-refractivity contribution < 1.29 is 9.26 Å². The molecule has 2 rings (SSSR count). The molecule has 16 heavy (non-hydrogen) atoms. The van der Waals surface area contributed by atoms with E-state index in [0.29, 0.717) is 12.5 Å². The summed E-state index contributed by atoms with van der Waals surface area (Å²) in [6.07, 6.45) is 1.89. The van der Waals surface area contributed by atoms with Crippen LogP contribution in [0.1, 0.15) is 38.0 Å². The molecule has 5 nitrogen and oxygen atoms in total. The Morgan fingerprint density at radius 3 is 3.12 bits per heavy atom. The average Bonchev–Trinajstić information content (AvgIpc) is 2.87. The SMILES string of the molecule is CCOCCc1noc(C2NCCC2C)n1. The maximum atomic E-state index is 5.27. The number of hydrogen-bond donors (Lipinski definition) is 1. The van der Waals surface area contributed by atoms with E-state index in [-0.39, 0.29) is 6.04 Å². The van der Waals surface area contributed by atoms with Crippen molar-refractivity contribution in [1.29, 1.82) is 0 Å². The molecule has 1 aromatic rings. The molecule has 1 N–H and O–H groups in total. The second kappa shape index (κ2) is 5.41. The highest BCUT2D eigenvalue weighted by atomic mass is 16.5. The zero-order valence-corrected chi connectivity index (χ0v) is 9.90. The summed E-state index contributed by atoms with van der Waals surface area (Å²) in [4.78, 5) is 4.39. The van der Waals surface area contributed by atoms with Crippen LogP contribution in [-0.4, -0.2) is 29.9 Å². The van der Waals surface area contributed by atoms with Crippen LogP contribution in [0.2, 0.25) is 0 Å². The maximum Gasteiger partial charge on any atom is 0.244 e. The Morgan fingerprint density at radius 2 is 2.44 bits per heavy atom. The number of nitrogens with zero attached hydrogens (tertiary/aromatic N) is 2. The minimum absolute atomic E-state index is 0.230. The second-order valence-corrected chi connectivity index (χ2v) is 4.19. The predicted molar refractivity (Wildman–Crippen MR) is 59.0 cm³/mol. The third kappa shape index (κ3) is 2.59. The minimum Gasteiger partial charge on any atom is -0.381 e. The second-order valence-electron chi connectivity index (χ2n) is 4.19.